The first kappa shape index (κ1) is 17.7. The Balaban J connectivity index is 2.49. The number of benzene rings is 2. The van der Waals surface area contributed by atoms with Crippen molar-refractivity contribution in [3.8, 4) is 17.2 Å². The number of halogens is 1. The zero-order chi connectivity index (χ0) is 17.0. The Kier molecular flexibility index (Phi) is 6.00. The molecule has 3 nitrogen and oxygen atoms in total. The third kappa shape index (κ3) is 3.66. The van der Waals surface area contributed by atoms with Gasteiger partial charge < -0.3 is 0 Å². The minimum atomic E-state index is 0.270. The van der Waals surface area contributed by atoms with Gasteiger partial charge in [-0.05, 0) is 0 Å². The molecule has 0 aliphatic heterocycles. The van der Waals surface area contributed by atoms with Crippen LogP contribution < -0.4 is 18.7 Å². The van der Waals surface area contributed by atoms with E-state index in [9.17, 15) is 0 Å². The van der Waals surface area contributed by atoms with Crippen LogP contribution in [0.5, 0.6) is 17.2 Å². The van der Waals surface area contributed by atoms with Gasteiger partial charge in [0.1, 0.15) is 0 Å². The van der Waals surface area contributed by atoms with Gasteiger partial charge in [-0.15, -0.1) is 0 Å². The second-order valence-corrected chi connectivity index (χ2v) is 6.93. The summed E-state index contributed by atoms with van der Waals surface area (Å²) in [5, 5.41) is 0.562. The van der Waals surface area contributed by atoms with Crippen molar-refractivity contribution in [3.05, 3.63) is 53.1 Å². The summed E-state index contributed by atoms with van der Waals surface area (Å²) in [4.78, 5) is 0. The van der Waals surface area contributed by atoms with Crippen LogP contribution in [-0.4, -0.2) is 36.3 Å². The van der Waals surface area contributed by atoms with Gasteiger partial charge in [0, 0.05) is 0 Å². The van der Waals surface area contributed by atoms with E-state index in [-0.39, 0.29) is 15.0 Å². The number of hydrogen-bond acceptors (Lipinski definition) is 3. The van der Waals surface area contributed by atoms with E-state index in [1.165, 1.54) is 0 Å². The molecule has 23 heavy (non-hydrogen) atoms. The molecule has 2 rings (SSSR count). The molecule has 0 amide bonds. The molecule has 0 spiro atoms. The number of methoxy groups -OCH3 is 3. The quantitative estimate of drug-likeness (QED) is 0.694. The molecule has 0 aliphatic rings. The van der Waals surface area contributed by atoms with Gasteiger partial charge in [-0.2, -0.15) is 0 Å². The Morgan fingerprint density at radius 2 is 1.65 bits per heavy atom. The van der Waals surface area contributed by atoms with E-state index in [1.807, 2.05) is 24.3 Å². The van der Waals surface area contributed by atoms with Gasteiger partial charge in [0.2, 0.25) is 0 Å². The van der Waals surface area contributed by atoms with Gasteiger partial charge in [-0.1, -0.05) is 0 Å². The molecule has 0 heterocycles. The first-order valence-electron chi connectivity index (χ1n) is 6.88. The average molecular weight is 398 g/mol. The second-order valence-electron chi connectivity index (χ2n) is 4.74. The molecular weight excluding hydrogens is 379 g/mol. The molecule has 122 valence electrons. The summed E-state index contributed by atoms with van der Waals surface area (Å²) < 4.78 is 17.3. The molecule has 5 heteroatoms. The van der Waals surface area contributed by atoms with E-state index in [4.69, 9.17) is 25.8 Å². The van der Waals surface area contributed by atoms with Gasteiger partial charge in [0.15, 0.2) is 0 Å². The molecule has 0 radical (unpaired) electrons. The molecule has 0 saturated heterocycles. The summed E-state index contributed by atoms with van der Waals surface area (Å²) in [6.07, 6.45) is 0. The summed E-state index contributed by atoms with van der Waals surface area (Å²) in [5.74, 6) is 4.29. The molecule has 0 unspecified atom stereocenters. The van der Waals surface area contributed by atoms with E-state index in [2.05, 4.69) is 18.5 Å². The SMILES string of the molecule is C=C(c1ccc(OC)c(Cl)c1)c1cc(OC)c(OC)c([Se]C)c1. The van der Waals surface area contributed by atoms with Crippen LogP contribution in [0.4, 0.5) is 0 Å². The van der Waals surface area contributed by atoms with Crippen molar-refractivity contribution in [1.29, 1.82) is 0 Å². The van der Waals surface area contributed by atoms with E-state index < -0.39 is 0 Å². The molecule has 0 aromatic heterocycles. The summed E-state index contributed by atoms with van der Waals surface area (Å²) in [5.41, 5.74) is 2.81. The van der Waals surface area contributed by atoms with E-state index in [0.29, 0.717) is 16.5 Å². The molecule has 0 bridgehead atoms. The Hall–Kier alpha value is -1.61. The molecule has 0 aliphatic carbocycles. The number of hydrogen-bond donors (Lipinski definition) is 0. The van der Waals surface area contributed by atoms with Crippen molar-refractivity contribution in [2.75, 3.05) is 21.3 Å². The van der Waals surface area contributed by atoms with Crippen molar-refractivity contribution in [2.24, 2.45) is 0 Å². The Morgan fingerprint density at radius 3 is 2.17 bits per heavy atom. The van der Waals surface area contributed by atoms with Gasteiger partial charge in [0.05, 0.1) is 0 Å². The van der Waals surface area contributed by atoms with Crippen LogP contribution in [0.15, 0.2) is 36.9 Å². The number of ether oxygens (including phenoxy) is 3. The van der Waals surface area contributed by atoms with E-state index in [1.54, 1.807) is 21.3 Å². The van der Waals surface area contributed by atoms with Crippen LogP contribution in [0, 0.1) is 0 Å². The Morgan fingerprint density at radius 1 is 0.957 bits per heavy atom. The molecule has 2 aromatic rings. The van der Waals surface area contributed by atoms with E-state index in [0.717, 1.165) is 26.9 Å². The monoisotopic (exact) mass is 398 g/mol. The molecule has 0 N–H and O–H groups in total. The predicted molar refractivity (Wildman–Crippen MR) is 96.9 cm³/mol. The van der Waals surface area contributed by atoms with Gasteiger partial charge in [-0.3, -0.25) is 0 Å². The topological polar surface area (TPSA) is 27.7 Å². The number of rotatable bonds is 6. The summed E-state index contributed by atoms with van der Waals surface area (Å²) in [7, 11) is 4.89. The van der Waals surface area contributed by atoms with Crippen LogP contribution in [0.2, 0.25) is 10.8 Å². The third-order valence-electron chi connectivity index (χ3n) is 3.51. The maximum atomic E-state index is 6.22. The van der Waals surface area contributed by atoms with Crippen LogP contribution >= 0.6 is 11.6 Å². The molecule has 2 aromatic carbocycles. The van der Waals surface area contributed by atoms with Crippen molar-refractivity contribution < 1.29 is 14.2 Å². The van der Waals surface area contributed by atoms with Crippen molar-refractivity contribution in [3.63, 3.8) is 0 Å². The molecule has 0 atom stereocenters. The third-order valence-corrected chi connectivity index (χ3v) is 5.37. The van der Waals surface area contributed by atoms with Crippen LogP contribution in [0.1, 0.15) is 11.1 Å². The Bertz CT molecular complexity index is 703. The normalized spacial score (nSPS) is 10.3. The maximum absolute atomic E-state index is 6.22. The summed E-state index contributed by atoms with van der Waals surface area (Å²) in [6, 6.07) is 9.68. The van der Waals surface area contributed by atoms with E-state index >= 15 is 0 Å². The second kappa shape index (κ2) is 7.78. The fraction of sp³-hybridized carbons (Fsp3) is 0.222. The molecule has 0 saturated carbocycles. The van der Waals surface area contributed by atoms with Gasteiger partial charge in [-0.25, -0.2) is 0 Å². The summed E-state index contributed by atoms with van der Waals surface area (Å²) in [6.45, 7) is 4.21. The molecule has 0 fully saturated rings. The Labute approximate surface area is 148 Å². The standard InChI is InChI=1S/C18H19ClO3Se/c1-11(12-6-7-15(20-2)14(19)8-12)13-9-16(21-3)18(22-4)17(10-13)23-5/h6-10H,1H2,2-5H3. The van der Waals surface area contributed by atoms with Crippen molar-refractivity contribution in [2.45, 2.75) is 5.82 Å². The minimum absolute atomic E-state index is 0.270. The van der Waals surface area contributed by atoms with Crippen molar-refractivity contribution in [1.82, 2.24) is 0 Å². The predicted octanol–water partition coefficient (Wildman–Crippen LogP) is 3.80. The molecular formula is C18H19ClO3Se. The fourth-order valence-corrected chi connectivity index (χ4v) is 3.82. The van der Waals surface area contributed by atoms with Crippen LogP contribution in [0.25, 0.3) is 5.57 Å². The van der Waals surface area contributed by atoms with Gasteiger partial charge in [0.25, 0.3) is 0 Å². The zero-order valence-electron chi connectivity index (χ0n) is 13.6. The average Bonchev–Trinajstić information content (AvgIpc) is 2.59. The first-order valence-corrected chi connectivity index (χ1v) is 9.83. The van der Waals surface area contributed by atoms with Gasteiger partial charge >= 0.3 is 148 Å². The van der Waals surface area contributed by atoms with Crippen LogP contribution in [0.3, 0.4) is 0 Å². The zero-order valence-corrected chi connectivity index (χ0v) is 16.1. The van der Waals surface area contributed by atoms with Crippen LogP contribution in [-0.2, 0) is 0 Å². The summed E-state index contributed by atoms with van der Waals surface area (Å²) >= 11 is 6.49. The fourth-order valence-electron chi connectivity index (χ4n) is 2.28. The first-order chi connectivity index (χ1) is 11.0. The van der Waals surface area contributed by atoms with Crippen molar-refractivity contribution >= 4 is 36.6 Å².